The molecule has 6 nitrogen and oxygen atoms in total. The summed E-state index contributed by atoms with van der Waals surface area (Å²) in [6.07, 6.45) is 3.33. The Bertz CT molecular complexity index is 605. The zero-order valence-electron chi connectivity index (χ0n) is 10.7. The Morgan fingerprint density at radius 1 is 1.40 bits per heavy atom. The highest BCUT2D eigenvalue weighted by Crippen LogP contribution is 2.25. The van der Waals surface area contributed by atoms with Crippen LogP contribution in [-0.2, 0) is 14.8 Å². The van der Waals surface area contributed by atoms with Crippen molar-refractivity contribution in [3.8, 4) is 0 Å². The van der Waals surface area contributed by atoms with Gasteiger partial charge in [-0.25, -0.2) is 17.8 Å². The molecule has 1 fully saturated rings. The van der Waals surface area contributed by atoms with Crippen LogP contribution in [-0.4, -0.2) is 41.4 Å². The van der Waals surface area contributed by atoms with Crippen LogP contribution >= 0.6 is 0 Å². The van der Waals surface area contributed by atoms with Crippen molar-refractivity contribution in [2.24, 2.45) is 0 Å². The van der Waals surface area contributed by atoms with Crippen LogP contribution in [0.5, 0.6) is 0 Å². The minimum atomic E-state index is -4.24. The van der Waals surface area contributed by atoms with E-state index < -0.39 is 32.9 Å². The molecule has 0 saturated carbocycles. The number of nitrogens with zero attached hydrogens (tertiary/aromatic N) is 2. The van der Waals surface area contributed by atoms with Crippen LogP contribution in [0, 0.1) is 5.82 Å². The first-order valence-corrected chi connectivity index (χ1v) is 7.74. The van der Waals surface area contributed by atoms with Crippen LogP contribution in [0.4, 0.5) is 4.39 Å². The minimum Gasteiger partial charge on any atom is -0.480 e. The van der Waals surface area contributed by atoms with Gasteiger partial charge in [0.1, 0.15) is 6.04 Å². The molecule has 1 aliphatic heterocycles. The monoisotopic (exact) mass is 302 g/mol. The highest BCUT2D eigenvalue weighted by atomic mass is 32.2. The molecule has 1 atom stereocenters. The molecule has 0 bridgehead atoms. The molecule has 1 aromatic rings. The van der Waals surface area contributed by atoms with E-state index in [-0.39, 0.29) is 13.0 Å². The Morgan fingerprint density at radius 2 is 2.15 bits per heavy atom. The Hall–Kier alpha value is -1.54. The number of carbonyl (C=O) groups is 1. The minimum absolute atomic E-state index is 0.0648. The van der Waals surface area contributed by atoms with Crippen molar-refractivity contribution in [2.45, 2.75) is 36.8 Å². The number of carboxylic acid groups (broad SMARTS) is 1. The molecule has 0 spiro atoms. The van der Waals surface area contributed by atoms with E-state index in [1.165, 1.54) is 12.3 Å². The summed E-state index contributed by atoms with van der Waals surface area (Å²) in [4.78, 5) is 14.8. The molecular weight excluding hydrogens is 287 g/mol. The van der Waals surface area contributed by atoms with Gasteiger partial charge in [-0.3, -0.25) is 4.79 Å². The third kappa shape index (κ3) is 2.80. The predicted molar refractivity (Wildman–Crippen MR) is 68.0 cm³/mol. The molecular formula is C12H15FN2O4S. The van der Waals surface area contributed by atoms with E-state index in [2.05, 4.69) is 4.98 Å². The van der Waals surface area contributed by atoms with Gasteiger partial charge in [-0.05, 0) is 25.0 Å². The lowest BCUT2D eigenvalue weighted by Crippen LogP contribution is -2.45. The van der Waals surface area contributed by atoms with E-state index in [1.54, 1.807) is 0 Å². The lowest BCUT2D eigenvalue weighted by Gasteiger charge is -2.25. The van der Waals surface area contributed by atoms with Crippen LogP contribution in [0.2, 0.25) is 0 Å². The summed E-state index contributed by atoms with van der Waals surface area (Å²) in [6.45, 7) is 0.0648. The van der Waals surface area contributed by atoms with E-state index >= 15 is 0 Å². The van der Waals surface area contributed by atoms with E-state index in [0.717, 1.165) is 16.8 Å². The molecule has 2 heterocycles. The lowest BCUT2D eigenvalue weighted by molar-refractivity contribution is -0.141. The summed E-state index contributed by atoms with van der Waals surface area (Å²) in [6, 6.07) is 1.11. The average molecular weight is 302 g/mol. The molecule has 20 heavy (non-hydrogen) atoms. The second-order valence-corrected chi connectivity index (χ2v) is 6.42. The summed E-state index contributed by atoms with van der Waals surface area (Å²) in [5.41, 5.74) is 0. The van der Waals surface area contributed by atoms with Crippen LogP contribution in [0.15, 0.2) is 23.4 Å². The van der Waals surface area contributed by atoms with Crippen molar-refractivity contribution < 1.29 is 22.7 Å². The van der Waals surface area contributed by atoms with Crippen molar-refractivity contribution >= 4 is 16.0 Å². The predicted octanol–water partition coefficient (Wildman–Crippen LogP) is 1.24. The molecule has 0 aromatic carbocycles. The van der Waals surface area contributed by atoms with Crippen molar-refractivity contribution in [1.29, 1.82) is 0 Å². The van der Waals surface area contributed by atoms with Gasteiger partial charge in [0.25, 0.3) is 10.0 Å². The average Bonchev–Trinajstić information content (AvgIpc) is 2.65. The van der Waals surface area contributed by atoms with Gasteiger partial charge in [0, 0.05) is 12.7 Å². The molecule has 1 saturated heterocycles. The summed E-state index contributed by atoms with van der Waals surface area (Å²) >= 11 is 0. The highest BCUT2D eigenvalue weighted by molar-refractivity contribution is 7.89. The molecule has 1 N–H and O–H groups in total. The standard InChI is InChI=1S/C12H15FN2O4S/c13-9-5-4-7-14-11(9)20(18,19)15-8-3-1-2-6-10(15)12(16)17/h4-5,7,10H,1-3,6,8H2,(H,16,17). The number of aliphatic carboxylic acids is 1. The number of sulfonamides is 1. The second kappa shape index (κ2) is 5.84. The number of rotatable bonds is 3. The van der Waals surface area contributed by atoms with Gasteiger partial charge in [0.15, 0.2) is 5.82 Å². The maximum Gasteiger partial charge on any atom is 0.322 e. The van der Waals surface area contributed by atoms with Gasteiger partial charge in [-0.15, -0.1) is 0 Å². The zero-order chi connectivity index (χ0) is 14.8. The van der Waals surface area contributed by atoms with Crippen LogP contribution in [0.1, 0.15) is 25.7 Å². The quantitative estimate of drug-likeness (QED) is 0.907. The first-order chi connectivity index (χ1) is 9.44. The SMILES string of the molecule is O=C(O)C1CCCCCN1S(=O)(=O)c1ncccc1F. The van der Waals surface area contributed by atoms with Gasteiger partial charge in [0.05, 0.1) is 0 Å². The maximum atomic E-state index is 13.7. The fourth-order valence-corrected chi connectivity index (χ4v) is 3.92. The largest absolute Gasteiger partial charge is 0.480 e. The Morgan fingerprint density at radius 3 is 2.80 bits per heavy atom. The number of hydrogen-bond donors (Lipinski definition) is 1. The van der Waals surface area contributed by atoms with E-state index in [4.69, 9.17) is 0 Å². The molecule has 8 heteroatoms. The first-order valence-electron chi connectivity index (χ1n) is 6.30. The molecule has 2 rings (SSSR count). The molecule has 1 aliphatic rings. The van der Waals surface area contributed by atoms with Gasteiger partial charge in [-0.2, -0.15) is 4.31 Å². The molecule has 0 aliphatic carbocycles. The molecule has 1 aromatic heterocycles. The van der Waals surface area contributed by atoms with Crippen LogP contribution < -0.4 is 0 Å². The summed E-state index contributed by atoms with van der Waals surface area (Å²) in [5, 5.41) is 8.48. The summed E-state index contributed by atoms with van der Waals surface area (Å²) < 4.78 is 39.4. The third-order valence-electron chi connectivity index (χ3n) is 3.27. The van der Waals surface area contributed by atoms with E-state index in [9.17, 15) is 22.7 Å². The Labute approximate surface area is 116 Å². The van der Waals surface area contributed by atoms with Crippen molar-refractivity contribution in [3.63, 3.8) is 0 Å². The van der Waals surface area contributed by atoms with E-state index in [1.807, 2.05) is 0 Å². The third-order valence-corrected chi connectivity index (χ3v) is 5.11. The zero-order valence-corrected chi connectivity index (χ0v) is 11.5. The van der Waals surface area contributed by atoms with Gasteiger partial charge >= 0.3 is 5.97 Å². The van der Waals surface area contributed by atoms with Gasteiger partial charge in [0.2, 0.25) is 5.03 Å². The van der Waals surface area contributed by atoms with E-state index in [0.29, 0.717) is 12.8 Å². The molecule has 1 unspecified atom stereocenters. The normalized spacial score (nSPS) is 21.4. The van der Waals surface area contributed by atoms with Gasteiger partial charge in [-0.1, -0.05) is 12.8 Å². The Balaban J connectivity index is 2.45. The highest BCUT2D eigenvalue weighted by Gasteiger charge is 2.38. The second-order valence-electron chi connectivity index (χ2n) is 4.61. The fourth-order valence-electron chi connectivity index (χ4n) is 2.29. The number of halogens is 1. The number of hydrogen-bond acceptors (Lipinski definition) is 4. The fraction of sp³-hybridized carbons (Fsp3) is 0.500. The van der Waals surface area contributed by atoms with Crippen LogP contribution in [0.3, 0.4) is 0 Å². The van der Waals surface area contributed by atoms with Crippen molar-refractivity contribution in [1.82, 2.24) is 9.29 Å². The van der Waals surface area contributed by atoms with Crippen molar-refractivity contribution in [3.05, 3.63) is 24.1 Å². The van der Waals surface area contributed by atoms with Crippen molar-refractivity contribution in [2.75, 3.05) is 6.54 Å². The first kappa shape index (κ1) is 14.9. The molecule has 0 radical (unpaired) electrons. The maximum absolute atomic E-state index is 13.7. The summed E-state index contributed by atoms with van der Waals surface area (Å²) in [7, 11) is -4.24. The lowest BCUT2D eigenvalue weighted by atomic mass is 10.1. The molecule has 110 valence electrons. The Kier molecular flexibility index (Phi) is 4.34. The summed E-state index contributed by atoms with van der Waals surface area (Å²) in [5.74, 6) is -2.19. The molecule has 0 amide bonds. The number of pyridine rings is 1. The number of carboxylic acids is 1. The topological polar surface area (TPSA) is 87.6 Å². The van der Waals surface area contributed by atoms with Crippen LogP contribution in [0.25, 0.3) is 0 Å². The smallest absolute Gasteiger partial charge is 0.322 e. The number of aromatic nitrogens is 1. The van der Waals surface area contributed by atoms with Gasteiger partial charge < -0.3 is 5.11 Å².